The van der Waals surface area contributed by atoms with E-state index in [1.807, 2.05) is 17.9 Å². The second-order valence-electron chi connectivity index (χ2n) is 4.35. The van der Waals surface area contributed by atoms with Crippen LogP contribution in [0.4, 0.5) is 0 Å². The molecule has 1 aromatic heterocycles. The fraction of sp³-hybridized carbons (Fsp3) is 0.727. The Bertz CT molecular complexity index is 320. The van der Waals surface area contributed by atoms with Crippen LogP contribution in [0.1, 0.15) is 18.5 Å². The van der Waals surface area contributed by atoms with E-state index in [9.17, 15) is 0 Å². The second-order valence-corrected chi connectivity index (χ2v) is 4.35. The Kier molecular flexibility index (Phi) is 3.07. The van der Waals surface area contributed by atoms with Crippen LogP contribution in [0.2, 0.25) is 0 Å². The van der Waals surface area contributed by atoms with Gasteiger partial charge in [0.1, 0.15) is 0 Å². The van der Waals surface area contributed by atoms with Gasteiger partial charge in [-0.3, -0.25) is 9.58 Å². The quantitative estimate of drug-likeness (QED) is 0.716. The van der Waals surface area contributed by atoms with Crippen LogP contribution in [-0.2, 0) is 7.05 Å². The first-order valence-electron chi connectivity index (χ1n) is 5.62. The Hall–Kier alpha value is -0.870. The molecule has 1 aromatic rings. The van der Waals surface area contributed by atoms with E-state index in [4.69, 9.17) is 0 Å². The fourth-order valence-electron chi connectivity index (χ4n) is 2.26. The average molecular weight is 208 g/mol. The highest BCUT2D eigenvalue weighted by atomic mass is 15.3. The highest BCUT2D eigenvalue weighted by Gasteiger charge is 2.25. The minimum Gasteiger partial charge on any atom is -0.303 e. The maximum absolute atomic E-state index is 4.26. The lowest BCUT2D eigenvalue weighted by Gasteiger charge is -2.39. The number of likely N-dealkylation sites (N-methyl/N-ethyl adjacent to an activating group) is 2. The van der Waals surface area contributed by atoms with Crippen LogP contribution in [0.5, 0.6) is 0 Å². The standard InChI is InChI=1S/C11H20N4/c1-4-15-6-5-13(2)9-11(15)10-7-12-14(3)8-10/h7-8,11H,4-6,9H2,1-3H3. The molecule has 0 amide bonds. The lowest BCUT2D eigenvalue weighted by molar-refractivity contribution is 0.0951. The van der Waals surface area contributed by atoms with Crippen LogP contribution >= 0.6 is 0 Å². The van der Waals surface area contributed by atoms with E-state index in [0.29, 0.717) is 6.04 Å². The zero-order chi connectivity index (χ0) is 10.8. The molecule has 4 heteroatoms. The van der Waals surface area contributed by atoms with E-state index in [0.717, 1.165) is 19.6 Å². The fourth-order valence-corrected chi connectivity index (χ4v) is 2.26. The molecular formula is C11H20N4. The van der Waals surface area contributed by atoms with E-state index in [1.165, 1.54) is 12.1 Å². The average Bonchev–Trinajstić information content (AvgIpc) is 2.65. The van der Waals surface area contributed by atoms with Crippen LogP contribution < -0.4 is 0 Å². The Morgan fingerprint density at radius 1 is 1.40 bits per heavy atom. The molecule has 2 rings (SSSR count). The minimum absolute atomic E-state index is 0.516. The monoisotopic (exact) mass is 208 g/mol. The highest BCUT2D eigenvalue weighted by Crippen LogP contribution is 2.23. The van der Waals surface area contributed by atoms with Gasteiger partial charge in [-0.2, -0.15) is 5.10 Å². The summed E-state index contributed by atoms with van der Waals surface area (Å²) in [6, 6.07) is 0.516. The number of nitrogens with zero attached hydrogens (tertiary/aromatic N) is 4. The zero-order valence-corrected chi connectivity index (χ0v) is 9.85. The predicted octanol–water partition coefficient (Wildman–Crippen LogP) is 0.728. The Balaban J connectivity index is 2.16. The maximum atomic E-state index is 4.26. The molecule has 1 atom stereocenters. The summed E-state index contributed by atoms with van der Waals surface area (Å²) in [6.45, 7) is 6.79. The van der Waals surface area contributed by atoms with E-state index in [-0.39, 0.29) is 0 Å². The van der Waals surface area contributed by atoms with Crippen LogP contribution in [-0.4, -0.2) is 52.8 Å². The maximum Gasteiger partial charge on any atom is 0.0538 e. The molecule has 1 aliphatic rings. The summed E-state index contributed by atoms with van der Waals surface area (Å²) in [5.41, 5.74) is 1.34. The molecule has 0 radical (unpaired) electrons. The van der Waals surface area contributed by atoms with Gasteiger partial charge < -0.3 is 4.90 Å². The molecular weight excluding hydrogens is 188 g/mol. The summed E-state index contributed by atoms with van der Waals surface area (Å²) in [6.07, 6.45) is 4.12. The largest absolute Gasteiger partial charge is 0.303 e. The van der Waals surface area contributed by atoms with Gasteiger partial charge in [-0.05, 0) is 13.6 Å². The molecule has 1 fully saturated rings. The summed E-state index contributed by atoms with van der Waals surface area (Å²) in [4.78, 5) is 4.92. The summed E-state index contributed by atoms with van der Waals surface area (Å²) in [5, 5.41) is 4.26. The second kappa shape index (κ2) is 4.33. The SMILES string of the molecule is CCN1CCN(C)CC1c1cnn(C)c1. The Morgan fingerprint density at radius 3 is 2.80 bits per heavy atom. The van der Waals surface area contributed by atoms with E-state index in [1.54, 1.807) is 0 Å². The molecule has 15 heavy (non-hydrogen) atoms. The van der Waals surface area contributed by atoms with Gasteiger partial charge >= 0.3 is 0 Å². The normalized spacial score (nSPS) is 24.6. The predicted molar refractivity (Wildman–Crippen MR) is 60.7 cm³/mol. The van der Waals surface area contributed by atoms with Gasteiger partial charge in [0.2, 0.25) is 0 Å². The molecule has 4 nitrogen and oxygen atoms in total. The van der Waals surface area contributed by atoms with Crippen LogP contribution in [0.15, 0.2) is 12.4 Å². The molecule has 2 heterocycles. The van der Waals surface area contributed by atoms with Gasteiger partial charge in [0.05, 0.1) is 12.2 Å². The van der Waals surface area contributed by atoms with Crippen molar-refractivity contribution in [2.75, 3.05) is 33.2 Å². The first kappa shape index (κ1) is 10.6. The van der Waals surface area contributed by atoms with E-state index >= 15 is 0 Å². The van der Waals surface area contributed by atoms with Crippen molar-refractivity contribution in [2.45, 2.75) is 13.0 Å². The number of aromatic nitrogens is 2. The van der Waals surface area contributed by atoms with Crippen molar-refractivity contribution in [3.8, 4) is 0 Å². The van der Waals surface area contributed by atoms with Gasteiger partial charge in [-0.15, -0.1) is 0 Å². The van der Waals surface area contributed by atoms with Gasteiger partial charge in [-0.25, -0.2) is 0 Å². The Morgan fingerprint density at radius 2 is 2.20 bits per heavy atom. The molecule has 0 N–H and O–H groups in total. The third-order valence-corrected chi connectivity index (χ3v) is 3.21. The van der Waals surface area contributed by atoms with Crippen LogP contribution in [0, 0.1) is 0 Å². The topological polar surface area (TPSA) is 24.3 Å². The summed E-state index contributed by atoms with van der Waals surface area (Å²) < 4.78 is 1.89. The van der Waals surface area contributed by atoms with Crippen LogP contribution in [0.25, 0.3) is 0 Å². The number of hydrogen-bond donors (Lipinski definition) is 0. The summed E-state index contributed by atoms with van der Waals surface area (Å²) in [7, 11) is 4.17. The molecule has 0 saturated carbocycles. The molecule has 0 spiro atoms. The van der Waals surface area contributed by atoms with Crippen LogP contribution in [0.3, 0.4) is 0 Å². The summed E-state index contributed by atoms with van der Waals surface area (Å²) in [5.74, 6) is 0. The van der Waals surface area contributed by atoms with Gasteiger partial charge in [-0.1, -0.05) is 6.92 Å². The Labute approximate surface area is 91.5 Å². The smallest absolute Gasteiger partial charge is 0.0538 e. The zero-order valence-electron chi connectivity index (χ0n) is 9.85. The number of piperazine rings is 1. The summed E-state index contributed by atoms with van der Waals surface area (Å²) >= 11 is 0. The lowest BCUT2D eigenvalue weighted by Crippen LogP contribution is -2.46. The van der Waals surface area contributed by atoms with Crippen molar-refractivity contribution in [1.29, 1.82) is 0 Å². The first-order chi connectivity index (χ1) is 7.20. The third kappa shape index (κ3) is 2.21. The molecule has 84 valence electrons. The number of rotatable bonds is 2. The van der Waals surface area contributed by atoms with Gasteiger partial charge in [0.25, 0.3) is 0 Å². The number of hydrogen-bond acceptors (Lipinski definition) is 3. The van der Waals surface area contributed by atoms with Crippen molar-refractivity contribution in [3.05, 3.63) is 18.0 Å². The van der Waals surface area contributed by atoms with Crippen molar-refractivity contribution in [3.63, 3.8) is 0 Å². The lowest BCUT2D eigenvalue weighted by atomic mass is 10.1. The molecule has 1 aliphatic heterocycles. The highest BCUT2D eigenvalue weighted by molar-refractivity contribution is 5.12. The van der Waals surface area contributed by atoms with Crippen molar-refractivity contribution in [1.82, 2.24) is 19.6 Å². The van der Waals surface area contributed by atoms with Gasteiger partial charge in [0, 0.05) is 38.4 Å². The third-order valence-electron chi connectivity index (χ3n) is 3.21. The van der Waals surface area contributed by atoms with Crippen molar-refractivity contribution >= 4 is 0 Å². The van der Waals surface area contributed by atoms with Gasteiger partial charge in [0.15, 0.2) is 0 Å². The molecule has 0 bridgehead atoms. The molecule has 1 saturated heterocycles. The van der Waals surface area contributed by atoms with Crippen molar-refractivity contribution < 1.29 is 0 Å². The molecule has 1 unspecified atom stereocenters. The minimum atomic E-state index is 0.516. The van der Waals surface area contributed by atoms with E-state index < -0.39 is 0 Å². The first-order valence-corrected chi connectivity index (χ1v) is 5.62. The molecule has 0 aromatic carbocycles. The number of aryl methyl sites for hydroxylation is 1. The van der Waals surface area contributed by atoms with E-state index in [2.05, 4.69) is 35.1 Å². The molecule has 0 aliphatic carbocycles. The van der Waals surface area contributed by atoms with Crippen molar-refractivity contribution in [2.24, 2.45) is 7.05 Å².